The van der Waals surface area contributed by atoms with Crippen LogP contribution < -0.4 is 0 Å². The van der Waals surface area contributed by atoms with Crippen LogP contribution in [0, 0.1) is 0 Å². The molecule has 0 saturated heterocycles. The Hall–Kier alpha value is -9.77. The summed E-state index contributed by atoms with van der Waals surface area (Å²) in [7, 11) is 0. The van der Waals surface area contributed by atoms with Gasteiger partial charge >= 0.3 is 0 Å². The summed E-state index contributed by atoms with van der Waals surface area (Å²) in [6, 6.07) is 95.6. The van der Waals surface area contributed by atoms with Gasteiger partial charge in [0, 0.05) is 32.8 Å². The van der Waals surface area contributed by atoms with Crippen LogP contribution in [-0.4, -0.2) is 19.5 Å². The molecule has 0 aliphatic rings. The molecule has 12 aromatic carbocycles. The molecule has 0 spiro atoms. The first-order chi connectivity index (χ1) is 36.2. The molecular formula is C69H44N4. The summed E-state index contributed by atoms with van der Waals surface area (Å²) in [6.07, 6.45) is 0. The molecule has 0 radical (unpaired) electrons. The van der Waals surface area contributed by atoms with Crippen LogP contribution in [0.15, 0.2) is 267 Å². The van der Waals surface area contributed by atoms with Crippen LogP contribution in [0.1, 0.15) is 0 Å². The van der Waals surface area contributed by atoms with Crippen molar-refractivity contribution >= 4 is 54.1 Å². The van der Waals surface area contributed by atoms with Crippen molar-refractivity contribution in [2.75, 3.05) is 0 Å². The first kappa shape index (κ1) is 42.1. The molecular weight excluding hydrogens is 885 g/mol. The molecule has 4 nitrogen and oxygen atoms in total. The fourth-order valence-electron chi connectivity index (χ4n) is 10.9. The standard InChI is InChI=1S/C69H44N4/c1-5-17-45(18-6-1)49-29-33-51(34-30-49)67-70-68(52-35-31-50(32-36-52)46-19-7-2-8-20-46)72-69(71-67)55-41-62-58-27-14-13-25-56(58)57-26-15-16-28-61(57)66(62)65(44-55)73-63-42-53(47-21-9-3-10-22-47)37-39-59(63)60-40-38-54(43-64(60)73)48-23-11-4-12-24-48/h1-44H. The van der Waals surface area contributed by atoms with Crippen LogP contribution in [0.3, 0.4) is 0 Å². The summed E-state index contributed by atoms with van der Waals surface area (Å²) in [6.45, 7) is 0. The van der Waals surface area contributed by atoms with Gasteiger partial charge in [0.05, 0.1) is 16.7 Å². The molecule has 0 aliphatic heterocycles. The van der Waals surface area contributed by atoms with Crippen LogP contribution in [0.2, 0.25) is 0 Å². The summed E-state index contributed by atoms with van der Waals surface area (Å²) >= 11 is 0. The van der Waals surface area contributed by atoms with Crippen LogP contribution in [-0.2, 0) is 0 Å². The van der Waals surface area contributed by atoms with E-state index in [-0.39, 0.29) is 0 Å². The summed E-state index contributed by atoms with van der Waals surface area (Å²) in [4.78, 5) is 16.1. The molecule has 14 aromatic rings. The third kappa shape index (κ3) is 7.44. The number of aromatic nitrogens is 4. The van der Waals surface area contributed by atoms with Crippen molar-refractivity contribution in [1.82, 2.24) is 19.5 Å². The predicted molar refractivity (Wildman–Crippen MR) is 305 cm³/mol. The van der Waals surface area contributed by atoms with Crippen LogP contribution in [0.4, 0.5) is 0 Å². The van der Waals surface area contributed by atoms with E-state index in [1.807, 2.05) is 12.1 Å². The molecule has 0 aliphatic carbocycles. The maximum absolute atomic E-state index is 5.44. The van der Waals surface area contributed by atoms with E-state index in [4.69, 9.17) is 15.0 Å². The highest BCUT2D eigenvalue weighted by Crippen LogP contribution is 2.45. The normalized spacial score (nSPS) is 11.6. The molecule has 14 rings (SSSR count). The molecule has 0 fully saturated rings. The second-order valence-electron chi connectivity index (χ2n) is 18.7. The largest absolute Gasteiger partial charge is 0.309 e. The van der Waals surface area contributed by atoms with Gasteiger partial charge in [0.1, 0.15) is 0 Å². The zero-order chi connectivity index (χ0) is 48.2. The van der Waals surface area contributed by atoms with Gasteiger partial charge in [-0.2, -0.15) is 0 Å². The number of hydrogen-bond donors (Lipinski definition) is 0. The van der Waals surface area contributed by atoms with Gasteiger partial charge in [-0.05, 0) is 95.7 Å². The van der Waals surface area contributed by atoms with Gasteiger partial charge in [-0.25, -0.2) is 15.0 Å². The van der Waals surface area contributed by atoms with Gasteiger partial charge in [0.15, 0.2) is 17.5 Å². The Morgan fingerprint density at radius 1 is 0.205 bits per heavy atom. The van der Waals surface area contributed by atoms with E-state index in [1.54, 1.807) is 0 Å². The minimum absolute atomic E-state index is 0.593. The van der Waals surface area contributed by atoms with Gasteiger partial charge in [0.25, 0.3) is 0 Å². The second-order valence-corrected chi connectivity index (χ2v) is 18.7. The van der Waals surface area contributed by atoms with E-state index < -0.39 is 0 Å². The Kier molecular flexibility index (Phi) is 10.1. The number of nitrogens with zero attached hydrogens (tertiary/aromatic N) is 4. The molecule has 2 aromatic heterocycles. The van der Waals surface area contributed by atoms with Crippen molar-refractivity contribution in [3.05, 3.63) is 267 Å². The third-order valence-corrected chi connectivity index (χ3v) is 14.4. The van der Waals surface area contributed by atoms with E-state index in [0.717, 1.165) is 83.0 Å². The summed E-state index contributed by atoms with van der Waals surface area (Å²) in [5.74, 6) is 1.80. The Labute approximate surface area is 422 Å². The fourth-order valence-corrected chi connectivity index (χ4v) is 10.9. The molecule has 0 bridgehead atoms. The molecule has 0 amide bonds. The Bertz CT molecular complexity index is 4180. The Morgan fingerprint density at radius 2 is 0.521 bits per heavy atom. The van der Waals surface area contributed by atoms with E-state index in [1.165, 1.54) is 38.1 Å². The van der Waals surface area contributed by atoms with Gasteiger partial charge in [-0.3, -0.25) is 0 Å². The van der Waals surface area contributed by atoms with Crippen molar-refractivity contribution < 1.29 is 0 Å². The van der Waals surface area contributed by atoms with Gasteiger partial charge in [-0.1, -0.05) is 243 Å². The molecule has 73 heavy (non-hydrogen) atoms. The van der Waals surface area contributed by atoms with Gasteiger partial charge in [-0.15, -0.1) is 0 Å². The molecule has 0 unspecified atom stereocenters. The highest BCUT2D eigenvalue weighted by molar-refractivity contribution is 6.28. The highest BCUT2D eigenvalue weighted by atomic mass is 15.0. The maximum atomic E-state index is 5.44. The number of benzene rings is 12. The lowest BCUT2D eigenvalue weighted by atomic mass is 9.91. The SMILES string of the molecule is c1ccc(-c2ccc(-c3nc(-c4ccc(-c5ccccc5)cc4)nc(-c4cc(-n5c6cc(-c7ccccc7)ccc6c6ccc(-c7ccccc7)cc65)c5c6ccccc6c6ccccc6c5c4)n3)cc2)cc1. The first-order valence-corrected chi connectivity index (χ1v) is 24.8. The number of hydrogen-bond acceptors (Lipinski definition) is 3. The smallest absolute Gasteiger partial charge is 0.164 e. The Balaban J connectivity index is 1.07. The van der Waals surface area contributed by atoms with Crippen molar-refractivity contribution in [2.45, 2.75) is 0 Å². The lowest BCUT2D eigenvalue weighted by Gasteiger charge is -2.19. The van der Waals surface area contributed by atoms with Crippen LogP contribution in [0.5, 0.6) is 0 Å². The van der Waals surface area contributed by atoms with E-state index in [2.05, 4.69) is 259 Å². The van der Waals surface area contributed by atoms with Crippen molar-refractivity contribution in [3.8, 4) is 84.4 Å². The van der Waals surface area contributed by atoms with Gasteiger partial charge < -0.3 is 4.57 Å². The first-order valence-electron chi connectivity index (χ1n) is 24.8. The van der Waals surface area contributed by atoms with E-state index in [0.29, 0.717) is 17.5 Å². The molecule has 4 heteroatoms. The predicted octanol–water partition coefficient (Wildman–Crippen LogP) is 18.1. The highest BCUT2D eigenvalue weighted by Gasteiger charge is 2.22. The lowest BCUT2D eigenvalue weighted by molar-refractivity contribution is 1.07. The topological polar surface area (TPSA) is 43.6 Å². The Morgan fingerprint density at radius 3 is 0.959 bits per heavy atom. The number of rotatable bonds is 8. The summed E-state index contributed by atoms with van der Waals surface area (Å²) < 4.78 is 2.50. The fraction of sp³-hybridized carbons (Fsp3) is 0. The minimum Gasteiger partial charge on any atom is -0.309 e. The van der Waals surface area contributed by atoms with Gasteiger partial charge in [0.2, 0.25) is 0 Å². The molecule has 0 atom stereocenters. The van der Waals surface area contributed by atoms with E-state index in [9.17, 15) is 0 Å². The van der Waals surface area contributed by atoms with Crippen molar-refractivity contribution in [3.63, 3.8) is 0 Å². The lowest BCUT2D eigenvalue weighted by Crippen LogP contribution is -2.02. The monoisotopic (exact) mass is 928 g/mol. The van der Waals surface area contributed by atoms with E-state index >= 15 is 0 Å². The van der Waals surface area contributed by atoms with Crippen molar-refractivity contribution in [1.29, 1.82) is 0 Å². The average molecular weight is 929 g/mol. The molecule has 0 saturated carbocycles. The third-order valence-electron chi connectivity index (χ3n) is 14.4. The zero-order valence-corrected chi connectivity index (χ0v) is 39.7. The van der Waals surface area contributed by atoms with Crippen molar-refractivity contribution in [2.24, 2.45) is 0 Å². The summed E-state index contributed by atoms with van der Waals surface area (Å²) in [5, 5.41) is 9.40. The molecule has 340 valence electrons. The minimum atomic E-state index is 0.593. The zero-order valence-electron chi connectivity index (χ0n) is 39.7. The quantitative estimate of drug-likeness (QED) is 0.143. The maximum Gasteiger partial charge on any atom is 0.164 e. The van der Waals surface area contributed by atoms with Crippen LogP contribution >= 0.6 is 0 Å². The summed E-state index contributed by atoms with van der Waals surface area (Å²) in [5.41, 5.74) is 15.2. The van der Waals surface area contributed by atoms with Crippen LogP contribution in [0.25, 0.3) is 138 Å². The molecule has 2 heterocycles. The second kappa shape index (κ2) is 17.6. The number of fused-ring (bicyclic) bond motifs is 9. The molecule has 0 N–H and O–H groups in total. The average Bonchev–Trinajstić information content (AvgIpc) is 3.81.